The van der Waals surface area contributed by atoms with Crippen LogP contribution in [0.5, 0.6) is 0 Å². The molecule has 12 heteroatoms. The number of ether oxygens (including phenoxy) is 6. The Labute approximate surface area is 440 Å². The number of unbranched alkanes of at least 4 members (excludes halogenated alkanes) is 16. The van der Waals surface area contributed by atoms with Gasteiger partial charge in [0, 0.05) is 64.7 Å². The average Bonchev–Trinajstić information content (AvgIpc) is 3.36. The molecule has 0 aliphatic rings. The van der Waals surface area contributed by atoms with Gasteiger partial charge in [-0.05, 0) is 143 Å². The summed E-state index contributed by atoms with van der Waals surface area (Å²) in [6.07, 6.45) is 45.0. The molecule has 0 atom stereocenters. The van der Waals surface area contributed by atoms with Gasteiger partial charge in [0.1, 0.15) is 0 Å². The number of nitrogens with zero attached hydrogens (tertiary/aromatic N) is 2. The highest BCUT2D eigenvalue weighted by Gasteiger charge is 2.16. The van der Waals surface area contributed by atoms with Gasteiger partial charge in [-0.25, -0.2) is 0 Å². The fourth-order valence-corrected chi connectivity index (χ4v) is 8.44. The number of allylic oxidation sites excluding steroid dienone is 8. The topological polar surface area (TPSA) is 113 Å². The summed E-state index contributed by atoms with van der Waals surface area (Å²) in [6, 6.07) is 0. The largest absolute Gasteiger partial charge is 0.466 e. The first-order valence-corrected chi connectivity index (χ1v) is 29.7. The fourth-order valence-electron chi connectivity index (χ4n) is 7.44. The Morgan fingerprint density at radius 3 is 1.07 bits per heavy atom. The first-order chi connectivity index (χ1) is 34.8. The van der Waals surface area contributed by atoms with E-state index in [1.165, 1.54) is 11.8 Å². The van der Waals surface area contributed by atoms with Crippen LogP contribution < -0.4 is 0 Å². The summed E-state index contributed by atoms with van der Waals surface area (Å²) in [5.74, 6) is 0.397. The molecular formula is C59H108N2O9S. The van der Waals surface area contributed by atoms with E-state index in [0.29, 0.717) is 65.3 Å². The SMILES string of the molecule is CC/C=C\CCCCOC(CCC(=O)OCCCCCCCN(CCCCCCCOC(=O)CCC(OCCCC/C=C\CC)OCCCC/C=C\CC)C(=O)SCCN(C)C)OCCCC/C=C\CC. The molecule has 11 nitrogen and oxygen atoms in total. The second-order valence-corrected chi connectivity index (χ2v) is 19.8. The van der Waals surface area contributed by atoms with Crippen LogP contribution in [0.2, 0.25) is 0 Å². The van der Waals surface area contributed by atoms with Crippen molar-refractivity contribution in [2.24, 2.45) is 0 Å². The van der Waals surface area contributed by atoms with Crippen molar-refractivity contribution in [2.75, 3.05) is 79.1 Å². The maximum atomic E-state index is 13.2. The molecule has 0 fully saturated rings. The quantitative estimate of drug-likeness (QED) is 0.0251. The number of hydrogen-bond acceptors (Lipinski definition) is 11. The van der Waals surface area contributed by atoms with Gasteiger partial charge in [0.2, 0.25) is 0 Å². The van der Waals surface area contributed by atoms with E-state index in [-0.39, 0.29) is 29.8 Å². The third-order valence-corrected chi connectivity index (χ3v) is 12.6. The molecule has 0 rings (SSSR count). The van der Waals surface area contributed by atoms with Crippen LogP contribution in [0, 0.1) is 0 Å². The Balaban J connectivity index is 4.53. The maximum absolute atomic E-state index is 13.2. The number of amides is 1. The molecule has 0 unspecified atom stereocenters. The number of thioether (sulfide) groups is 1. The molecule has 0 radical (unpaired) electrons. The zero-order chi connectivity index (χ0) is 51.9. The molecule has 0 aromatic rings. The van der Waals surface area contributed by atoms with E-state index >= 15 is 0 Å². The van der Waals surface area contributed by atoms with Gasteiger partial charge >= 0.3 is 11.9 Å². The predicted octanol–water partition coefficient (Wildman–Crippen LogP) is 15.5. The molecule has 0 saturated heterocycles. The molecule has 414 valence electrons. The van der Waals surface area contributed by atoms with Crippen molar-refractivity contribution in [3.8, 4) is 0 Å². The molecule has 71 heavy (non-hydrogen) atoms. The van der Waals surface area contributed by atoms with Gasteiger partial charge in [-0.1, -0.05) is 127 Å². The lowest BCUT2D eigenvalue weighted by molar-refractivity contribution is -0.159. The number of carbonyl (C=O) groups is 3. The van der Waals surface area contributed by atoms with E-state index in [4.69, 9.17) is 28.4 Å². The van der Waals surface area contributed by atoms with Gasteiger partial charge in [-0.15, -0.1) is 0 Å². The first-order valence-electron chi connectivity index (χ1n) is 28.7. The van der Waals surface area contributed by atoms with Crippen LogP contribution in [0.15, 0.2) is 48.6 Å². The van der Waals surface area contributed by atoms with Crippen LogP contribution in [0.1, 0.15) is 220 Å². The number of hydrogen-bond donors (Lipinski definition) is 0. The second kappa shape index (κ2) is 55.3. The van der Waals surface area contributed by atoms with E-state index in [1.807, 2.05) is 19.0 Å². The molecule has 0 saturated carbocycles. The lowest BCUT2D eigenvalue weighted by atomic mass is 10.1. The van der Waals surface area contributed by atoms with Gasteiger partial charge in [-0.2, -0.15) is 0 Å². The molecule has 0 aromatic heterocycles. The fraction of sp³-hybridized carbons (Fsp3) is 0.814. The molecule has 1 amide bonds. The van der Waals surface area contributed by atoms with E-state index in [0.717, 1.165) is 192 Å². The van der Waals surface area contributed by atoms with Crippen molar-refractivity contribution < 1.29 is 42.8 Å². The Morgan fingerprint density at radius 1 is 0.408 bits per heavy atom. The van der Waals surface area contributed by atoms with Crippen LogP contribution in [-0.2, 0) is 38.0 Å². The Bertz CT molecular complexity index is 1180. The van der Waals surface area contributed by atoms with Gasteiger partial charge in [0.05, 0.1) is 26.1 Å². The molecule has 0 spiro atoms. The van der Waals surface area contributed by atoms with E-state index in [1.54, 1.807) is 0 Å². The minimum absolute atomic E-state index is 0.168. The average molecular weight is 1020 g/mol. The summed E-state index contributed by atoms with van der Waals surface area (Å²) in [5, 5.41) is 0.168. The van der Waals surface area contributed by atoms with Crippen molar-refractivity contribution >= 4 is 28.9 Å². The van der Waals surface area contributed by atoms with Crippen LogP contribution >= 0.6 is 11.8 Å². The summed E-state index contributed by atoms with van der Waals surface area (Å²) in [6.45, 7) is 14.4. The number of carbonyl (C=O) groups excluding carboxylic acids is 3. The molecular weight excluding hydrogens is 913 g/mol. The third-order valence-electron chi connectivity index (χ3n) is 11.7. The third kappa shape index (κ3) is 50.8. The van der Waals surface area contributed by atoms with E-state index < -0.39 is 0 Å². The Morgan fingerprint density at radius 2 is 0.732 bits per heavy atom. The van der Waals surface area contributed by atoms with Gasteiger partial charge < -0.3 is 38.2 Å². The zero-order valence-corrected chi connectivity index (χ0v) is 47.4. The first kappa shape index (κ1) is 68.5. The van der Waals surface area contributed by atoms with Crippen molar-refractivity contribution in [3.05, 3.63) is 48.6 Å². The summed E-state index contributed by atoms with van der Waals surface area (Å²) in [4.78, 5) is 42.6. The lowest BCUT2D eigenvalue weighted by Gasteiger charge is -2.22. The summed E-state index contributed by atoms with van der Waals surface area (Å²) < 4.78 is 35.4. The summed E-state index contributed by atoms with van der Waals surface area (Å²) in [5.41, 5.74) is 0. The second-order valence-electron chi connectivity index (χ2n) is 18.8. The predicted molar refractivity (Wildman–Crippen MR) is 299 cm³/mol. The number of rotatable bonds is 53. The minimum atomic E-state index is -0.381. The normalized spacial score (nSPS) is 12.1. The van der Waals surface area contributed by atoms with Gasteiger partial charge in [0.15, 0.2) is 12.6 Å². The standard InChI is InChI=1S/C59H108N2O9S/c1-7-11-15-19-27-37-50-67-57(68-51-38-28-20-16-12-8-2)43-41-55(62)65-48-35-31-23-25-33-45-61(59(64)71-54-47-60(5)6)46-34-26-24-32-36-49-66-56(63)42-44-58(69-52-39-29-21-17-13-9-3)70-53-40-30-22-18-14-10-4/h11-18,57-58H,7-10,19-54H2,1-6H3/b15-11-,16-12-,17-13-,18-14-. The molecule has 0 heterocycles. The molecule has 0 aromatic carbocycles. The molecule has 0 bridgehead atoms. The van der Waals surface area contributed by atoms with Crippen molar-refractivity contribution in [1.82, 2.24) is 9.80 Å². The van der Waals surface area contributed by atoms with Gasteiger partial charge in [-0.3, -0.25) is 14.4 Å². The molecule has 0 N–H and O–H groups in total. The van der Waals surface area contributed by atoms with Crippen molar-refractivity contribution in [3.63, 3.8) is 0 Å². The highest BCUT2D eigenvalue weighted by atomic mass is 32.2. The summed E-state index contributed by atoms with van der Waals surface area (Å²) >= 11 is 1.42. The zero-order valence-electron chi connectivity index (χ0n) is 46.5. The molecule has 0 aliphatic carbocycles. The van der Waals surface area contributed by atoms with E-state index in [9.17, 15) is 14.4 Å². The Kier molecular flexibility index (Phi) is 53.3. The molecule has 0 aliphatic heterocycles. The smallest absolute Gasteiger partial charge is 0.305 e. The van der Waals surface area contributed by atoms with Crippen LogP contribution in [0.3, 0.4) is 0 Å². The van der Waals surface area contributed by atoms with Crippen molar-refractivity contribution in [1.29, 1.82) is 0 Å². The van der Waals surface area contributed by atoms with Crippen LogP contribution in [0.4, 0.5) is 4.79 Å². The van der Waals surface area contributed by atoms with E-state index in [2.05, 4.69) is 81.2 Å². The number of esters is 2. The van der Waals surface area contributed by atoms with Crippen molar-refractivity contribution in [2.45, 2.75) is 233 Å². The van der Waals surface area contributed by atoms with Crippen LogP contribution in [0.25, 0.3) is 0 Å². The highest BCUT2D eigenvalue weighted by molar-refractivity contribution is 8.13. The Hall–Kier alpha value is -2.48. The van der Waals surface area contributed by atoms with Gasteiger partial charge in [0.25, 0.3) is 5.24 Å². The monoisotopic (exact) mass is 1020 g/mol. The highest BCUT2D eigenvalue weighted by Crippen LogP contribution is 2.16. The lowest BCUT2D eigenvalue weighted by Crippen LogP contribution is -2.30. The minimum Gasteiger partial charge on any atom is -0.466 e. The maximum Gasteiger partial charge on any atom is 0.305 e. The van der Waals surface area contributed by atoms with Crippen LogP contribution in [-0.4, -0.2) is 119 Å². The summed E-state index contributed by atoms with van der Waals surface area (Å²) in [7, 11) is 4.07.